The number of H-pyrrole nitrogens is 1. The summed E-state index contributed by atoms with van der Waals surface area (Å²) in [6.07, 6.45) is 9.35. The highest BCUT2D eigenvalue weighted by Crippen LogP contribution is 2.27. The number of nitrogens with zero attached hydrogens (tertiary/aromatic N) is 2. The van der Waals surface area contributed by atoms with Crippen LogP contribution in [-0.4, -0.2) is 48.0 Å². The Kier molecular flexibility index (Phi) is 6.57. The van der Waals surface area contributed by atoms with Crippen molar-refractivity contribution in [1.29, 1.82) is 0 Å². The molecule has 1 saturated heterocycles. The van der Waals surface area contributed by atoms with Crippen LogP contribution in [0.1, 0.15) is 69.2 Å². The van der Waals surface area contributed by atoms with Crippen LogP contribution < -0.4 is 5.32 Å². The van der Waals surface area contributed by atoms with Crippen LogP contribution in [0.5, 0.6) is 0 Å². The minimum atomic E-state index is -3.53. The Hall–Kier alpha value is -1.41. The Labute approximate surface area is 162 Å². The number of aromatic amines is 1. The minimum Gasteiger partial charge on any atom is -0.353 e. The van der Waals surface area contributed by atoms with Crippen LogP contribution in [0.3, 0.4) is 0 Å². The van der Waals surface area contributed by atoms with Crippen molar-refractivity contribution in [3.63, 3.8) is 0 Å². The van der Waals surface area contributed by atoms with Crippen LogP contribution >= 0.6 is 0 Å². The maximum Gasteiger partial charge on any atom is 0.246 e. The van der Waals surface area contributed by atoms with Crippen LogP contribution in [0, 0.1) is 19.8 Å². The van der Waals surface area contributed by atoms with E-state index in [4.69, 9.17) is 0 Å². The maximum absolute atomic E-state index is 12.9. The molecular formula is C19H32N4O3S. The lowest BCUT2D eigenvalue weighted by molar-refractivity contribution is -0.122. The SMILES string of the molecule is Cc1n[nH]c(C)c1S(=O)(=O)N1CCC(NC(=O)CCC2CCCCC2)CC1. The molecule has 2 fully saturated rings. The molecule has 0 spiro atoms. The fraction of sp³-hybridized carbons (Fsp3) is 0.789. The van der Waals surface area contributed by atoms with Gasteiger partial charge in [-0.15, -0.1) is 0 Å². The molecular weight excluding hydrogens is 364 g/mol. The molecule has 152 valence electrons. The summed E-state index contributed by atoms with van der Waals surface area (Å²) in [6, 6.07) is 0.0712. The highest BCUT2D eigenvalue weighted by atomic mass is 32.2. The molecule has 0 aromatic carbocycles. The average molecular weight is 397 g/mol. The molecule has 0 atom stereocenters. The van der Waals surface area contributed by atoms with E-state index in [0.29, 0.717) is 49.7 Å². The molecule has 2 heterocycles. The van der Waals surface area contributed by atoms with Crippen molar-refractivity contribution >= 4 is 15.9 Å². The Balaban J connectivity index is 1.46. The van der Waals surface area contributed by atoms with Gasteiger partial charge in [0.25, 0.3) is 0 Å². The first-order valence-corrected chi connectivity index (χ1v) is 11.6. The smallest absolute Gasteiger partial charge is 0.246 e. The van der Waals surface area contributed by atoms with Crippen LogP contribution in [0.15, 0.2) is 4.90 Å². The summed E-state index contributed by atoms with van der Waals surface area (Å²) in [6.45, 7) is 4.29. The van der Waals surface area contributed by atoms with Gasteiger partial charge >= 0.3 is 0 Å². The highest BCUT2D eigenvalue weighted by Gasteiger charge is 2.33. The second-order valence-corrected chi connectivity index (χ2v) is 9.93. The van der Waals surface area contributed by atoms with Gasteiger partial charge in [0, 0.05) is 25.6 Å². The zero-order valence-corrected chi connectivity index (χ0v) is 17.3. The number of piperidine rings is 1. The highest BCUT2D eigenvalue weighted by molar-refractivity contribution is 7.89. The van der Waals surface area contributed by atoms with E-state index in [1.54, 1.807) is 13.8 Å². The quantitative estimate of drug-likeness (QED) is 0.773. The van der Waals surface area contributed by atoms with Crippen LogP contribution in [0.25, 0.3) is 0 Å². The lowest BCUT2D eigenvalue weighted by Gasteiger charge is -2.31. The topological polar surface area (TPSA) is 95.2 Å². The Morgan fingerprint density at radius 2 is 1.81 bits per heavy atom. The van der Waals surface area contributed by atoms with Crippen molar-refractivity contribution in [2.24, 2.45) is 5.92 Å². The van der Waals surface area contributed by atoms with Crippen molar-refractivity contribution in [2.45, 2.75) is 82.6 Å². The summed E-state index contributed by atoms with van der Waals surface area (Å²) in [5, 5.41) is 9.86. The van der Waals surface area contributed by atoms with Gasteiger partial charge in [0.2, 0.25) is 15.9 Å². The van der Waals surface area contributed by atoms with Gasteiger partial charge in [-0.2, -0.15) is 9.40 Å². The molecule has 2 aliphatic rings. The fourth-order valence-electron chi connectivity index (χ4n) is 4.40. The second-order valence-electron chi connectivity index (χ2n) is 8.05. The van der Waals surface area contributed by atoms with Gasteiger partial charge in [-0.05, 0) is 39.0 Å². The molecule has 0 unspecified atom stereocenters. The zero-order valence-electron chi connectivity index (χ0n) is 16.5. The van der Waals surface area contributed by atoms with E-state index in [9.17, 15) is 13.2 Å². The third kappa shape index (κ3) is 4.90. The number of hydrogen-bond acceptors (Lipinski definition) is 4. The number of carbonyl (C=O) groups excluding carboxylic acids is 1. The maximum atomic E-state index is 12.9. The first-order chi connectivity index (χ1) is 12.9. The van der Waals surface area contributed by atoms with E-state index < -0.39 is 10.0 Å². The van der Waals surface area contributed by atoms with E-state index in [0.717, 1.165) is 6.42 Å². The molecule has 1 aliphatic carbocycles. The van der Waals surface area contributed by atoms with Crippen LogP contribution in [0.2, 0.25) is 0 Å². The van der Waals surface area contributed by atoms with Crippen LogP contribution in [0.4, 0.5) is 0 Å². The van der Waals surface area contributed by atoms with Crippen molar-refractivity contribution < 1.29 is 13.2 Å². The molecule has 7 nitrogen and oxygen atoms in total. The molecule has 27 heavy (non-hydrogen) atoms. The molecule has 3 rings (SSSR count). The van der Waals surface area contributed by atoms with E-state index >= 15 is 0 Å². The third-order valence-corrected chi connectivity index (χ3v) is 8.14. The lowest BCUT2D eigenvalue weighted by Crippen LogP contribution is -2.46. The molecule has 1 aromatic rings. The van der Waals surface area contributed by atoms with Crippen molar-refractivity contribution in [1.82, 2.24) is 19.8 Å². The normalized spacial score (nSPS) is 20.7. The van der Waals surface area contributed by atoms with Gasteiger partial charge in [-0.3, -0.25) is 9.89 Å². The summed E-state index contributed by atoms with van der Waals surface area (Å²) >= 11 is 0. The number of nitrogens with one attached hydrogen (secondary N) is 2. The number of aryl methyl sites for hydroxylation is 2. The molecule has 0 radical (unpaired) electrons. The molecule has 1 aliphatic heterocycles. The number of aromatic nitrogens is 2. The van der Waals surface area contributed by atoms with Gasteiger partial charge in [0.1, 0.15) is 4.90 Å². The summed E-state index contributed by atoms with van der Waals surface area (Å²) in [5.74, 6) is 0.821. The standard InChI is InChI=1S/C19H32N4O3S/c1-14-19(15(2)22-21-14)27(25,26)23-12-10-17(11-13-23)20-18(24)9-8-16-6-4-3-5-7-16/h16-17H,3-13H2,1-2H3,(H,20,24)(H,21,22). The Morgan fingerprint density at radius 3 is 2.41 bits per heavy atom. The predicted molar refractivity (Wildman–Crippen MR) is 104 cm³/mol. The first kappa shape index (κ1) is 20.3. The number of hydrogen-bond donors (Lipinski definition) is 2. The van der Waals surface area contributed by atoms with E-state index in [-0.39, 0.29) is 16.8 Å². The van der Waals surface area contributed by atoms with Crippen molar-refractivity contribution in [3.8, 4) is 0 Å². The number of carbonyl (C=O) groups is 1. The summed E-state index contributed by atoms with van der Waals surface area (Å²) in [5.41, 5.74) is 1.08. The Bertz CT molecular complexity index is 726. The molecule has 1 amide bonds. The molecule has 0 bridgehead atoms. The minimum absolute atomic E-state index is 0.0712. The van der Waals surface area contributed by atoms with Gasteiger partial charge < -0.3 is 5.32 Å². The molecule has 2 N–H and O–H groups in total. The van der Waals surface area contributed by atoms with Gasteiger partial charge in [0.05, 0.1) is 11.4 Å². The molecule has 1 aromatic heterocycles. The van der Waals surface area contributed by atoms with E-state index in [1.165, 1.54) is 36.4 Å². The number of rotatable bonds is 6. The summed E-state index contributed by atoms with van der Waals surface area (Å²) in [7, 11) is -3.53. The monoisotopic (exact) mass is 396 g/mol. The fourth-order valence-corrected chi connectivity index (χ4v) is 6.20. The van der Waals surface area contributed by atoms with Crippen molar-refractivity contribution in [3.05, 3.63) is 11.4 Å². The largest absolute Gasteiger partial charge is 0.353 e. The van der Waals surface area contributed by atoms with Gasteiger partial charge in [-0.1, -0.05) is 32.1 Å². The predicted octanol–water partition coefficient (Wildman–Crippen LogP) is 2.66. The van der Waals surface area contributed by atoms with E-state index in [1.807, 2.05) is 0 Å². The second kappa shape index (κ2) is 8.73. The average Bonchev–Trinajstić information content (AvgIpc) is 3.00. The number of amides is 1. The molecule has 8 heteroatoms. The molecule has 1 saturated carbocycles. The van der Waals surface area contributed by atoms with Crippen molar-refractivity contribution in [2.75, 3.05) is 13.1 Å². The van der Waals surface area contributed by atoms with Gasteiger partial charge in [0.15, 0.2) is 0 Å². The zero-order chi connectivity index (χ0) is 19.4. The Morgan fingerprint density at radius 1 is 1.15 bits per heavy atom. The summed E-state index contributed by atoms with van der Waals surface area (Å²) in [4.78, 5) is 12.5. The van der Waals surface area contributed by atoms with Crippen LogP contribution in [-0.2, 0) is 14.8 Å². The van der Waals surface area contributed by atoms with E-state index in [2.05, 4.69) is 15.5 Å². The van der Waals surface area contributed by atoms with Gasteiger partial charge in [-0.25, -0.2) is 8.42 Å². The first-order valence-electron chi connectivity index (χ1n) is 10.2. The third-order valence-electron chi connectivity index (χ3n) is 5.98. The summed E-state index contributed by atoms with van der Waals surface area (Å²) < 4.78 is 27.3. The number of sulfonamides is 1. The lowest BCUT2D eigenvalue weighted by atomic mass is 9.86.